The summed E-state index contributed by atoms with van der Waals surface area (Å²) in [4.78, 5) is 14.0. The third-order valence-corrected chi connectivity index (χ3v) is 4.09. The molecule has 0 spiro atoms. The van der Waals surface area contributed by atoms with Gasteiger partial charge < -0.3 is 9.64 Å². The number of carbonyl (C=O) groups excluding carboxylic acids is 1. The summed E-state index contributed by atoms with van der Waals surface area (Å²) < 4.78 is 21.1. The summed E-state index contributed by atoms with van der Waals surface area (Å²) in [5.41, 5.74) is 0.974. The molecule has 140 valence electrons. The number of halogens is 1. The Labute approximate surface area is 156 Å². The van der Waals surface area contributed by atoms with Gasteiger partial charge in [-0.3, -0.25) is 4.79 Å². The van der Waals surface area contributed by atoms with Crippen LogP contribution < -0.4 is 4.74 Å². The number of tetrazole rings is 1. The summed E-state index contributed by atoms with van der Waals surface area (Å²) in [7, 11) is 1.64. The molecule has 0 aliphatic heterocycles. The lowest BCUT2D eigenvalue weighted by atomic mass is 10.1. The van der Waals surface area contributed by atoms with Crippen LogP contribution in [0.1, 0.15) is 28.7 Å². The van der Waals surface area contributed by atoms with Crippen molar-refractivity contribution in [1.82, 2.24) is 25.1 Å². The Morgan fingerprint density at radius 3 is 2.63 bits per heavy atom. The van der Waals surface area contributed by atoms with E-state index in [2.05, 4.69) is 15.5 Å². The average molecular weight is 369 g/mol. The predicted molar refractivity (Wildman–Crippen MR) is 96.5 cm³/mol. The molecule has 1 heterocycles. The first-order valence-electron chi connectivity index (χ1n) is 8.55. The Hall–Kier alpha value is -3.29. The van der Waals surface area contributed by atoms with Crippen molar-refractivity contribution < 1.29 is 13.9 Å². The van der Waals surface area contributed by atoms with Gasteiger partial charge in [0, 0.05) is 31.3 Å². The fourth-order valence-corrected chi connectivity index (χ4v) is 2.59. The molecule has 8 heteroatoms. The van der Waals surface area contributed by atoms with E-state index in [0.29, 0.717) is 29.2 Å². The maximum atomic E-state index is 13.8. The summed E-state index contributed by atoms with van der Waals surface area (Å²) in [6.07, 6.45) is 0. The lowest BCUT2D eigenvalue weighted by Crippen LogP contribution is -2.26. The zero-order valence-electron chi connectivity index (χ0n) is 15.2. The molecule has 0 fully saturated rings. The molecule has 0 saturated heterocycles. The van der Waals surface area contributed by atoms with E-state index in [1.54, 1.807) is 54.2 Å². The molecule has 0 aliphatic carbocycles. The van der Waals surface area contributed by atoms with Crippen LogP contribution in [-0.4, -0.2) is 38.1 Å². The van der Waals surface area contributed by atoms with E-state index >= 15 is 0 Å². The highest BCUT2D eigenvalue weighted by Crippen LogP contribution is 2.16. The number of hydrogen-bond donors (Lipinski definition) is 0. The molecule has 0 unspecified atom stereocenters. The third-order valence-electron chi connectivity index (χ3n) is 4.09. The maximum Gasteiger partial charge on any atom is 0.253 e. The molecular weight excluding hydrogens is 349 g/mol. The van der Waals surface area contributed by atoms with Crippen molar-refractivity contribution in [3.8, 4) is 5.75 Å². The minimum atomic E-state index is -0.324. The van der Waals surface area contributed by atoms with Crippen molar-refractivity contribution in [2.45, 2.75) is 26.6 Å². The van der Waals surface area contributed by atoms with E-state index in [1.807, 2.05) is 6.92 Å². The van der Waals surface area contributed by atoms with Gasteiger partial charge in [0.15, 0.2) is 5.82 Å². The molecule has 2 aromatic carbocycles. The SMILES string of the molecule is CCn1nnnc1COc1ccc(C(=O)N(C)Cc2ccccc2F)cc1. The number of rotatable bonds is 7. The number of aromatic nitrogens is 4. The number of nitrogens with zero attached hydrogens (tertiary/aromatic N) is 5. The highest BCUT2D eigenvalue weighted by atomic mass is 19.1. The molecule has 0 N–H and O–H groups in total. The molecule has 7 nitrogen and oxygen atoms in total. The Bertz CT molecular complexity index is 910. The zero-order valence-corrected chi connectivity index (χ0v) is 15.2. The maximum absolute atomic E-state index is 13.8. The van der Waals surface area contributed by atoms with Crippen LogP contribution in [0.5, 0.6) is 5.75 Å². The van der Waals surface area contributed by atoms with Crippen LogP contribution in [0.4, 0.5) is 4.39 Å². The van der Waals surface area contributed by atoms with Gasteiger partial charge >= 0.3 is 0 Å². The van der Waals surface area contributed by atoms with E-state index in [-0.39, 0.29) is 24.9 Å². The highest BCUT2D eigenvalue weighted by Gasteiger charge is 2.14. The van der Waals surface area contributed by atoms with Gasteiger partial charge in [-0.05, 0) is 47.7 Å². The minimum absolute atomic E-state index is 0.195. The predicted octanol–water partition coefficient (Wildman–Crippen LogP) is 2.68. The Balaban J connectivity index is 1.60. The highest BCUT2D eigenvalue weighted by molar-refractivity contribution is 5.94. The molecule has 0 radical (unpaired) electrons. The first-order chi connectivity index (χ1) is 13.1. The second-order valence-electron chi connectivity index (χ2n) is 5.98. The molecule has 0 saturated carbocycles. The van der Waals surface area contributed by atoms with Crippen LogP contribution in [0.2, 0.25) is 0 Å². The molecule has 0 bridgehead atoms. The van der Waals surface area contributed by atoms with Gasteiger partial charge in [-0.1, -0.05) is 18.2 Å². The van der Waals surface area contributed by atoms with Crippen LogP contribution in [0.15, 0.2) is 48.5 Å². The summed E-state index contributed by atoms with van der Waals surface area (Å²) in [5, 5.41) is 11.4. The van der Waals surface area contributed by atoms with Crippen molar-refractivity contribution in [1.29, 1.82) is 0 Å². The van der Waals surface area contributed by atoms with Crippen molar-refractivity contribution in [3.05, 3.63) is 71.3 Å². The summed E-state index contributed by atoms with van der Waals surface area (Å²) in [6, 6.07) is 13.2. The van der Waals surface area contributed by atoms with E-state index < -0.39 is 0 Å². The summed E-state index contributed by atoms with van der Waals surface area (Å²) >= 11 is 0. The van der Waals surface area contributed by atoms with Crippen molar-refractivity contribution in [3.63, 3.8) is 0 Å². The van der Waals surface area contributed by atoms with Crippen LogP contribution >= 0.6 is 0 Å². The fourth-order valence-electron chi connectivity index (χ4n) is 2.59. The van der Waals surface area contributed by atoms with E-state index in [0.717, 1.165) is 0 Å². The Kier molecular flexibility index (Phi) is 5.75. The largest absolute Gasteiger partial charge is 0.486 e. The van der Waals surface area contributed by atoms with Gasteiger partial charge in [-0.15, -0.1) is 5.10 Å². The van der Waals surface area contributed by atoms with Crippen LogP contribution in [0.25, 0.3) is 0 Å². The first kappa shape index (κ1) is 18.5. The number of hydrogen-bond acceptors (Lipinski definition) is 5. The Morgan fingerprint density at radius 1 is 1.19 bits per heavy atom. The standard InChI is InChI=1S/C19H20FN5O2/c1-3-25-18(21-22-23-25)13-27-16-10-8-14(9-11-16)19(26)24(2)12-15-6-4-5-7-17(15)20/h4-11H,3,12-13H2,1-2H3. The van der Waals surface area contributed by atoms with Crippen molar-refractivity contribution in [2.75, 3.05) is 7.05 Å². The molecule has 3 aromatic rings. The monoisotopic (exact) mass is 369 g/mol. The lowest BCUT2D eigenvalue weighted by Gasteiger charge is -2.18. The second kappa shape index (κ2) is 8.39. The van der Waals surface area contributed by atoms with Gasteiger partial charge in [0.05, 0.1) is 0 Å². The van der Waals surface area contributed by atoms with Gasteiger partial charge in [0.2, 0.25) is 0 Å². The molecule has 3 rings (SSSR count). The topological polar surface area (TPSA) is 73.1 Å². The molecule has 1 aromatic heterocycles. The third kappa shape index (κ3) is 4.46. The fraction of sp³-hybridized carbons (Fsp3) is 0.263. The van der Waals surface area contributed by atoms with E-state index in [9.17, 15) is 9.18 Å². The molecule has 0 atom stereocenters. The number of ether oxygens (including phenoxy) is 1. The van der Waals surface area contributed by atoms with Crippen molar-refractivity contribution >= 4 is 5.91 Å². The molecule has 1 amide bonds. The van der Waals surface area contributed by atoms with Crippen LogP contribution in [0, 0.1) is 5.82 Å². The van der Waals surface area contributed by atoms with Crippen LogP contribution in [-0.2, 0) is 19.7 Å². The van der Waals surface area contributed by atoms with Crippen molar-refractivity contribution in [2.24, 2.45) is 0 Å². The quantitative estimate of drug-likeness (QED) is 0.640. The van der Waals surface area contributed by atoms with E-state index in [4.69, 9.17) is 4.74 Å². The van der Waals surface area contributed by atoms with Crippen LogP contribution in [0.3, 0.4) is 0 Å². The number of benzene rings is 2. The smallest absolute Gasteiger partial charge is 0.253 e. The van der Waals surface area contributed by atoms with Gasteiger partial charge in [0.1, 0.15) is 18.2 Å². The summed E-state index contributed by atoms with van der Waals surface area (Å²) in [6.45, 7) is 3.04. The number of carbonyl (C=O) groups is 1. The number of amides is 1. The van der Waals surface area contributed by atoms with E-state index in [1.165, 1.54) is 11.0 Å². The first-order valence-corrected chi connectivity index (χ1v) is 8.55. The Morgan fingerprint density at radius 2 is 1.93 bits per heavy atom. The second-order valence-corrected chi connectivity index (χ2v) is 5.98. The normalized spacial score (nSPS) is 10.6. The molecular formula is C19H20FN5O2. The average Bonchev–Trinajstić information content (AvgIpc) is 3.15. The summed E-state index contributed by atoms with van der Waals surface area (Å²) in [5.74, 6) is 0.714. The minimum Gasteiger partial charge on any atom is -0.486 e. The van der Waals surface area contributed by atoms with Gasteiger partial charge in [-0.25, -0.2) is 9.07 Å². The number of aryl methyl sites for hydroxylation is 1. The van der Waals surface area contributed by atoms with Gasteiger partial charge in [0.25, 0.3) is 5.91 Å². The van der Waals surface area contributed by atoms with Gasteiger partial charge in [-0.2, -0.15) is 0 Å². The lowest BCUT2D eigenvalue weighted by molar-refractivity contribution is 0.0784. The molecule has 27 heavy (non-hydrogen) atoms. The molecule has 0 aliphatic rings. The zero-order chi connectivity index (χ0) is 19.2.